The minimum absolute atomic E-state index is 0.0855. The van der Waals surface area contributed by atoms with Crippen molar-refractivity contribution in [2.24, 2.45) is 0 Å². The summed E-state index contributed by atoms with van der Waals surface area (Å²) in [6, 6.07) is 10.9. The maximum absolute atomic E-state index is 13.1. The van der Waals surface area contributed by atoms with E-state index >= 15 is 0 Å². The zero-order valence-corrected chi connectivity index (χ0v) is 19.5. The number of rotatable bonds is 10. The molecule has 0 bridgehead atoms. The molecule has 3 rings (SSSR count). The van der Waals surface area contributed by atoms with Gasteiger partial charge in [-0.25, -0.2) is 9.37 Å². The van der Waals surface area contributed by atoms with Gasteiger partial charge in [-0.3, -0.25) is 14.2 Å². The first kappa shape index (κ1) is 24.2. The molecule has 1 N–H and O–H groups in total. The Kier molecular flexibility index (Phi) is 8.67. The van der Waals surface area contributed by atoms with E-state index in [1.54, 1.807) is 34.9 Å². The van der Waals surface area contributed by atoms with Crippen LogP contribution in [0.3, 0.4) is 0 Å². The number of ether oxygens (including phenoxy) is 1. The lowest BCUT2D eigenvalue weighted by Gasteiger charge is -2.14. The van der Waals surface area contributed by atoms with E-state index in [0.717, 1.165) is 5.56 Å². The van der Waals surface area contributed by atoms with Crippen LogP contribution in [0.15, 0.2) is 52.4 Å². The predicted octanol–water partition coefficient (Wildman–Crippen LogP) is 4.41. The van der Waals surface area contributed by atoms with E-state index in [1.165, 1.54) is 23.9 Å². The third-order valence-corrected chi connectivity index (χ3v) is 5.81. The largest absolute Gasteiger partial charge is 0.379 e. The van der Waals surface area contributed by atoms with Crippen molar-refractivity contribution in [2.75, 3.05) is 12.4 Å². The van der Waals surface area contributed by atoms with E-state index in [9.17, 15) is 14.0 Å². The number of benzene rings is 2. The van der Waals surface area contributed by atoms with Gasteiger partial charge < -0.3 is 10.1 Å². The summed E-state index contributed by atoms with van der Waals surface area (Å²) in [5.41, 5.74) is 1.11. The Labute approximate surface area is 195 Å². The molecule has 2 aromatic carbocycles. The van der Waals surface area contributed by atoms with Gasteiger partial charge in [0, 0.05) is 24.7 Å². The lowest BCUT2D eigenvalue weighted by Crippen LogP contribution is -2.27. The topological polar surface area (TPSA) is 73.2 Å². The monoisotopic (exact) mass is 477 g/mol. The van der Waals surface area contributed by atoms with Crippen molar-refractivity contribution in [3.05, 3.63) is 69.2 Å². The maximum Gasteiger partial charge on any atom is 0.262 e. The number of carbonyl (C=O) groups is 1. The molecule has 9 heteroatoms. The molecule has 0 aliphatic heterocycles. The van der Waals surface area contributed by atoms with E-state index in [0.29, 0.717) is 47.2 Å². The SMILES string of the molecule is CC(C)OCCCn1c(SCC(=O)NCc2ccc(F)cc2)nc2cc(Cl)ccc2c1=O. The number of thioether (sulfide) groups is 1. The fraction of sp³-hybridized carbons (Fsp3) is 0.348. The van der Waals surface area contributed by atoms with Gasteiger partial charge >= 0.3 is 0 Å². The lowest BCUT2D eigenvalue weighted by molar-refractivity contribution is -0.118. The van der Waals surface area contributed by atoms with Crippen LogP contribution in [-0.2, 0) is 22.6 Å². The fourth-order valence-electron chi connectivity index (χ4n) is 3.01. The van der Waals surface area contributed by atoms with E-state index in [1.807, 2.05) is 13.8 Å². The summed E-state index contributed by atoms with van der Waals surface area (Å²) in [6.07, 6.45) is 0.755. The number of carbonyl (C=O) groups excluding carboxylic acids is 1. The molecule has 32 heavy (non-hydrogen) atoms. The molecule has 0 unspecified atom stereocenters. The molecule has 6 nitrogen and oxygen atoms in total. The Hall–Kier alpha value is -2.42. The van der Waals surface area contributed by atoms with Crippen LogP contribution in [0.5, 0.6) is 0 Å². The van der Waals surface area contributed by atoms with Gasteiger partial charge in [0.2, 0.25) is 5.91 Å². The molecule has 0 fully saturated rings. The average molecular weight is 478 g/mol. The molecule has 170 valence electrons. The van der Waals surface area contributed by atoms with Gasteiger partial charge in [-0.05, 0) is 56.2 Å². The molecule has 0 spiro atoms. The van der Waals surface area contributed by atoms with Gasteiger partial charge in [-0.2, -0.15) is 0 Å². The number of aromatic nitrogens is 2. The molecule has 0 radical (unpaired) electrons. The Morgan fingerprint density at radius 1 is 1.25 bits per heavy atom. The van der Waals surface area contributed by atoms with E-state index in [2.05, 4.69) is 10.3 Å². The summed E-state index contributed by atoms with van der Waals surface area (Å²) in [7, 11) is 0. The molecule has 0 atom stereocenters. The van der Waals surface area contributed by atoms with Gasteiger partial charge in [0.25, 0.3) is 5.56 Å². The van der Waals surface area contributed by atoms with Crippen molar-refractivity contribution in [3.63, 3.8) is 0 Å². The highest BCUT2D eigenvalue weighted by atomic mass is 35.5. The molecular formula is C23H25ClFN3O3S. The predicted molar refractivity (Wildman–Crippen MR) is 126 cm³/mol. The van der Waals surface area contributed by atoms with E-state index in [-0.39, 0.29) is 29.1 Å². The maximum atomic E-state index is 13.1. The Morgan fingerprint density at radius 2 is 2.00 bits per heavy atom. The summed E-state index contributed by atoms with van der Waals surface area (Å²) in [4.78, 5) is 30.0. The van der Waals surface area contributed by atoms with Gasteiger partial charge in [-0.1, -0.05) is 35.5 Å². The minimum Gasteiger partial charge on any atom is -0.379 e. The number of fused-ring (bicyclic) bond motifs is 1. The lowest BCUT2D eigenvalue weighted by atomic mass is 10.2. The van der Waals surface area contributed by atoms with Crippen LogP contribution < -0.4 is 10.9 Å². The van der Waals surface area contributed by atoms with Crippen molar-refractivity contribution in [3.8, 4) is 0 Å². The Balaban J connectivity index is 1.72. The molecule has 0 aliphatic carbocycles. The first-order chi connectivity index (χ1) is 15.3. The molecular weight excluding hydrogens is 453 g/mol. The highest BCUT2D eigenvalue weighted by Gasteiger charge is 2.14. The summed E-state index contributed by atoms with van der Waals surface area (Å²) < 4.78 is 20.2. The van der Waals surface area contributed by atoms with Crippen LogP contribution in [0.2, 0.25) is 5.02 Å². The molecule has 0 saturated carbocycles. The van der Waals surface area contributed by atoms with Gasteiger partial charge in [-0.15, -0.1) is 0 Å². The fourth-order valence-corrected chi connectivity index (χ4v) is 4.03. The number of nitrogens with one attached hydrogen (secondary N) is 1. The standard InChI is InChI=1S/C23H25ClFN3O3S/c1-15(2)31-11-3-10-28-22(30)19-9-6-17(24)12-20(19)27-23(28)32-14-21(29)26-13-16-4-7-18(25)8-5-16/h4-9,12,15H,3,10-11,13-14H2,1-2H3,(H,26,29). The first-order valence-electron chi connectivity index (χ1n) is 10.3. The molecule has 0 aliphatic rings. The summed E-state index contributed by atoms with van der Waals surface area (Å²) in [5, 5.41) is 4.21. The van der Waals surface area contributed by atoms with Crippen LogP contribution in [-0.4, -0.2) is 33.9 Å². The van der Waals surface area contributed by atoms with Crippen molar-refractivity contribution in [1.82, 2.24) is 14.9 Å². The smallest absolute Gasteiger partial charge is 0.262 e. The number of nitrogens with zero attached hydrogens (tertiary/aromatic N) is 2. The average Bonchev–Trinajstić information content (AvgIpc) is 2.75. The quantitative estimate of drug-likeness (QED) is 0.266. The van der Waals surface area contributed by atoms with Gasteiger partial charge in [0.1, 0.15) is 5.82 Å². The molecule has 1 aromatic heterocycles. The van der Waals surface area contributed by atoms with Crippen LogP contribution in [0, 0.1) is 5.82 Å². The Morgan fingerprint density at radius 3 is 2.72 bits per heavy atom. The Bertz CT molecular complexity index is 1140. The van der Waals surface area contributed by atoms with Crippen LogP contribution >= 0.6 is 23.4 Å². The second-order valence-corrected chi connectivity index (χ2v) is 8.86. The number of hydrogen-bond donors (Lipinski definition) is 1. The van der Waals surface area contributed by atoms with Crippen molar-refractivity contribution >= 4 is 40.2 Å². The van der Waals surface area contributed by atoms with Crippen LogP contribution in [0.1, 0.15) is 25.8 Å². The first-order valence-corrected chi connectivity index (χ1v) is 11.7. The summed E-state index contributed by atoms with van der Waals surface area (Å²) >= 11 is 7.26. The molecule has 1 heterocycles. The highest BCUT2D eigenvalue weighted by molar-refractivity contribution is 7.99. The van der Waals surface area contributed by atoms with Crippen LogP contribution in [0.4, 0.5) is 4.39 Å². The highest BCUT2D eigenvalue weighted by Crippen LogP contribution is 2.21. The second-order valence-electron chi connectivity index (χ2n) is 7.48. The molecule has 3 aromatic rings. The van der Waals surface area contributed by atoms with Crippen molar-refractivity contribution < 1.29 is 13.9 Å². The van der Waals surface area contributed by atoms with Gasteiger partial charge in [0.05, 0.1) is 22.8 Å². The number of amides is 1. The molecule has 0 saturated heterocycles. The molecule has 1 amide bonds. The number of hydrogen-bond acceptors (Lipinski definition) is 5. The third-order valence-electron chi connectivity index (χ3n) is 4.59. The zero-order chi connectivity index (χ0) is 23.1. The normalized spacial score (nSPS) is 11.3. The second kappa shape index (κ2) is 11.4. The zero-order valence-electron chi connectivity index (χ0n) is 17.9. The summed E-state index contributed by atoms with van der Waals surface area (Å²) in [5.74, 6) is -0.452. The van der Waals surface area contributed by atoms with E-state index in [4.69, 9.17) is 16.3 Å². The van der Waals surface area contributed by atoms with Crippen LogP contribution in [0.25, 0.3) is 10.9 Å². The van der Waals surface area contributed by atoms with E-state index < -0.39 is 0 Å². The minimum atomic E-state index is -0.324. The number of halogens is 2. The van der Waals surface area contributed by atoms with Crippen molar-refractivity contribution in [2.45, 2.75) is 44.6 Å². The van der Waals surface area contributed by atoms with Gasteiger partial charge in [0.15, 0.2) is 5.16 Å². The summed E-state index contributed by atoms with van der Waals surface area (Å²) in [6.45, 7) is 5.15. The van der Waals surface area contributed by atoms with Crippen molar-refractivity contribution in [1.29, 1.82) is 0 Å². The third kappa shape index (κ3) is 6.79.